The van der Waals surface area contributed by atoms with Gasteiger partial charge in [0, 0.05) is 11.8 Å². The molecular formula is C21H21N3. The van der Waals surface area contributed by atoms with E-state index in [2.05, 4.69) is 28.9 Å². The smallest absolute Gasteiger partial charge is 0.162 e. The predicted molar refractivity (Wildman–Crippen MR) is 106 cm³/mol. The van der Waals surface area contributed by atoms with Crippen LogP contribution < -0.4 is 0 Å². The van der Waals surface area contributed by atoms with Gasteiger partial charge in [0.2, 0.25) is 0 Å². The largest absolute Gasteiger partial charge is 0.283 e. The van der Waals surface area contributed by atoms with Crippen LogP contribution in [0.5, 0.6) is 0 Å². The molecule has 0 spiro atoms. The lowest BCUT2D eigenvalue weighted by atomic mass is 10.2. The first-order valence-electron chi connectivity index (χ1n) is 7.47. The molecular weight excluding hydrogens is 294 g/mol. The minimum Gasteiger partial charge on any atom is -0.283 e. The van der Waals surface area contributed by atoms with E-state index in [1.54, 1.807) is 54.8 Å². The summed E-state index contributed by atoms with van der Waals surface area (Å²) in [6, 6.07) is 0. The lowest BCUT2D eigenvalue weighted by Crippen LogP contribution is -2.01. The molecule has 1 rings (SSSR count). The van der Waals surface area contributed by atoms with Gasteiger partial charge in [-0.3, -0.25) is 5.41 Å². The van der Waals surface area contributed by atoms with E-state index in [1.807, 2.05) is 31.2 Å². The summed E-state index contributed by atoms with van der Waals surface area (Å²) in [4.78, 5) is 8.68. The minimum absolute atomic E-state index is 0.109. The van der Waals surface area contributed by atoms with Crippen molar-refractivity contribution in [1.82, 2.24) is 0 Å². The average molecular weight is 315 g/mol. The summed E-state index contributed by atoms with van der Waals surface area (Å²) in [6.45, 7) is 9.21. The molecule has 1 N–H and O–H groups in total. The maximum atomic E-state index is 7.94. The Morgan fingerprint density at radius 2 is 2.00 bits per heavy atom. The summed E-state index contributed by atoms with van der Waals surface area (Å²) < 4.78 is 0. The molecule has 0 saturated carbocycles. The van der Waals surface area contributed by atoms with Crippen LogP contribution >= 0.6 is 0 Å². The molecule has 0 radical (unpaired) electrons. The first-order valence-corrected chi connectivity index (χ1v) is 7.47. The highest BCUT2D eigenvalue weighted by atomic mass is 14.9. The molecule has 1 aliphatic carbocycles. The van der Waals surface area contributed by atoms with Gasteiger partial charge in [-0.05, 0) is 36.8 Å². The number of rotatable bonds is 7. The van der Waals surface area contributed by atoms with Gasteiger partial charge in [0.25, 0.3) is 0 Å². The van der Waals surface area contributed by atoms with Gasteiger partial charge in [0.15, 0.2) is 5.84 Å². The van der Waals surface area contributed by atoms with E-state index < -0.39 is 0 Å². The Kier molecular flexibility index (Phi) is 8.83. The van der Waals surface area contributed by atoms with Gasteiger partial charge in [0.1, 0.15) is 5.84 Å². The third-order valence-electron chi connectivity index (χ3n) is 2.70. The van der Waals surface area contributed by atoms with Gasteiger partial charge in [-0.15, -0.1) is 5.73 Å². The fourth-order valence-electron chi connectivity index (χ4n) is 1.68. The second-order valence-corrected chi connectivity index (χ2v) is 4.56. The number of aliphatic imine (C=N–C) groups is 2. The standard InChI is InChI=1S/C21H21N3/c1-4-7-8-9-16-20(22)24-21(19-14-10-11-15-19)23-17-18(12-5-2)13-6-3/h4-10,12-17,22H,1-2H2,3H3/b8-7-,13-6-,16-9+,18-12+,22-20?,23-17?,24-21?. The number of allylic oxidation sites excluding steroid dienone is 10. The highest BCUT2D eigenvalue weighted by molar-refractivity contribution is 6.13. The van der Waals surface area contributed by atoms with E-state index in [0.717, 1.165) is 11.1 Å². The molecule has 0 aliphatic heterocycles. The molecule has 3 heteroatoms. The van der Waals surface area contributed by atoms with Crippen LogP contribution in [0.2, 0.25) is 0 Å². The Labute approximate surface area is 143 Å². The predicted octanol–water partition coefficient (Wildman–Crippen LogP) is 5.07. The molecule has 0 aromatic rings. The number of nitrogens with one attached hydrogen (secondary N) is 1. The zero-order valence-electron chi connectivity index (χ0n) is 13.8. The van der Waals surface area contributed by atoms with Crippen molar-refractivity contribution in [2.45, 2.75) is 6.92 Å². The highest BCUT2D eigenvalue weighted by Gasteiger charge is 2.05. The molecule has 1 aliphatic rings. The lowest BCUT2D eigenvalue weighted by molar-refractivity contribution is 1.43. The maximum Gasteiger partial charge on any atom is 0.162 e. The molecule has 0 bridgehead atoms. The molecule has 120 valence electrons. The van der Waals surface area contributed by atoms with Crippen molar-refractivity contribution < 1.29 is 0 Å². The minimum atomic E-state index is 0.109. The van der Waals surface area contributed by atoms with E-state index in [0.29, 0.717) is 5.84 Å². The van der Waals surface area contributed by atoms with Crippen molar-refractivity contribution in [2.75, 3.05) is 0 Å². The fourth-order valence-corrected chi connectivity index (χ4v) is 1.68. The molecule has 3 nitrogen and oxygen atoms in total. The molecule has 24 heavy (non-hydrogen) atoms. The SMILES string of the molecule is C=C/C=C\C=C\C(=N)N=C(N=CC(/C=C\C)=C/C=C)C1=CC=C=C1. The fraction of sp³-hybridized carbons (Fsp3) is 0.0476. The highest BCUT2D eigenvalue weighted by Crippen LogP contribution is 2.08. The van der Waals surface area contributed by atoms with Crippen molar-refractivity contribution in [1.29, 1.82) is 5.41 Å². The summed E-state index contributed by atoms with van der Waals surface area (Å²) in [6.07, 6.45) is 23.1. The van der Waals surface area contributed by atoms with E-state index in [4.69, 9.17) is 5.41 Å². The first kappa shape index (κ1) is 18.8. The van der Waals surface area contributed by atoms with E-state index in [9.17, 15) is 0 Å². The van der Waals surface area contributed by atoms with Crippen molar-refractivity contribution in [3.05, 3.63) is 103 Å². The van der Waals surface area contributed by atoms with E-state index >= 15 is 0 Å². The van der Waals surface area contributed by atoms with Gasteiger partial charge in [0.05, 0.1) is 0 Å². The van der Waals surface area contributed by atoms with Crippen molar-refractivity contribution >= 4 is 17.9 Å². The monoisotopic (exact) mass is 315 g/mol. The second kappa shape index (κ2) is 11.3. The van der Waals surface area contributed by atoms with Crippen LogP contribution in [0.4, 0.5) is 0 Å². The topological polar surface area (TPSA) is 48.6 Å². The zero-order chi connectivity index (χ0) is 17.6. The summed E-state index contributed by atoms with van der Waals surface area (Å²) in [5, 5.41) is 7.94. The van der Waals surface area contributed by atoms with Crippen molar-refractivity contribution in [3.63, 3.8) is 0 Å². The molecule has 0 fully saturated rings. The molecule has 0 heterocycles. The van der Waals surface area contributed by atoms with Gasteiger partial charge in [-0.2, -0.15) is 0 Å². The average Bonchev–Trinajstić information content (AvgIpc) is 3.10. The normalized spacial score (nSPS) is 15.3. The number of hydrogen-bond donors (Lipinski definition) is 1. The Hall–Kier alpha value is -3.29. The van der Waals surface area contributed by atoms with Crippen LogP contribution in [-0.2, 0) is 0 Å². The third kappa shape index (κ3) is 7.12. The van der Waals surface area contributed by atoms with E-state index in [1.165, 1.54) is 0 Å². The van der Waals surface area contributed by atoms with Gasteiger partial charge < -0.3 is 0 Å². The summed E-state index contributed by atoms with van der Waals surface area (Å²) in [5.41, 5.74) is 4.68. The number of hydrogen-bond acceptors (Lipinski definition) is 1. The van der Waals surface area contributed by atoms with Crippen LogP contribution in [0.25, 0.3) is 0 Å². The van der Waals surface area contributed by atoms with Gasteiger partial charge in [-0.25, -0.2) is 9.98 Å². The Morgan fingerprint density at radius 1 is 1.17 bits per heavy atom. The molecule has 0 aromatic heterocycles. The quantitative estimate of drug-likeness (QED) is 0.295. The number of nitrogens with zero attached hydrogens (tertiary/aromatic N) is 2. The summed E-state index contributed by atoms with van der Waals surface area (Å²) in [5.74, 6) is 0.565. The Morgan fingerprint density at radius 3 is 2.62 bits per heavy atom. The Bertz CT molecular complexity index is 757. The molecule has 0 aromatic carbocycles. The first-order chi connectivity index (χ1) is 11.7. The van der Waals surface area contributed by atoms with Gasteiger partial charge in [-0.1, -0.05) is 61.8 Å². The third-order valence-corrected chi connectivity index (χ3v) is 2.70. The molecule has 0 amide bonds. The molecule has 0 saturated heterocycles. The van der Waals surface area contributed by atoms with Crippen LogP contribution in [0.1, 0.15) is 6.92 Å². The maximum absolute atomic E-state index is 7.94. The molecule has 0 unspecified atom stereocenters. The van der Waals surface area contributed by atoms with Gasteiger partial charge >= 0.3 is 0 Å². The second-order valence-electron chi connectivity index (χ2n) is 4.56. The summed E-state index contributed by atoms with van der Waals surface area (Å²) >= 11 is 0. The van der Waals surface area contributed by atoms with E-state index in [-0.39, 0.29) is 5.84 Å². The lowest BCUT2D eigenvalue weighted by Gasteiger charge is -2.00. The van der Waals surface area contributed by atoms with Crippen molar-refractivity contribution in [2.24, 2.45) is 9.98 Å². The number of amidine groups is 2. The van der Waals surface area contributed by atoms with Crippen LogP contribution in [0.15, 0.2) is 113 Å². The van der Waals surface area contributed by atoms with Crippen LogP contribution in [0.3, 0.4) is 0 Å². The molecule has 0 atom stereocenters. The Balaban J connectivity index is 3.04. The summed E-state index contributed by atoms with van der Waals surface area (Å²) in [7, 11) is 0. The van der Waals surface area contributed by atoms with Crippen molar-refractivity contribution in [3.8, 4) is 0 Å². The van der Waals surface area contributed by atoms with Crippen LogP contribution in [0, 0.1) is 5.41 Å². The zero-order valence-corrected chi connectivity index (χ0v) is 13.8. The van der Waals surface area contributed by atoms with Crippen LogP contribution in [-0.4, -0.2) is 17.9 Å².